The van der Waals surface area contributed by atoms with Gasteiger partial charge in [0.05, 0.1) is 0 Å². The van der Waals surface area contributed by atoms with E-state index in [1.54, 1.807) is 0 Å². The molecule has 0 radical (unpaired) electrons. The van der Waals surface area contributed by atoms with Gasteiger partial charge in [-0.15, -0.1) is 0 Å². The van der Waals surface area contributed by atoms with E-state index in [4.69, 9.17) is 0 Å². The Kier molecular flexibility index (Phi) is 3.16. The third kappa shape index (κ3) is 2.25. The van der Waals surface area contributed by atoms with Crippen LogP contribution < -0.4 is 0 Å². The molecule has 1 fully saturated rings. The molecule has 100 valence electrons. The molecule has 0 atom stereocenters. The monoisotopic (exact) mass is 250 g/mol. The molecule has 0 bridgehead atoms. The number of phenolic OH excluding ortho intramolecular Hbond substituents is 1. The number of hydrogen-bond donors (Lipinski definition) is 1. The van der Waals surface area contributed by atoms with E-state index >= 15 is 0 Å². The van der Waals surface area contributed by atoms with Crippen molar-refractivity contribution in [2.24, 2.45) is 0 Å². The molecule has 1 nitrogen and oxygen atoms in total. The molecule has 1 aromatic rings. The minimum absolute atomic E-state index is 0.0872. The molecule has 2 rings (SSSR count). The summed E-state index contributed by atoms with van der Waals surface area (Å²) in [4.78, 5) is 0. The summed E-state index contributed by atoms with van der Waals surface area (Å²) in [6.45, 7) is 10.3. The van der Waals surface area contributed by atoms with Crippen molar-refractivity contribution in [3.63, 3.8) is 0 Å². The van der Waals surface area contributed by atoms with Gasteiger partial charge in [0.1, 0.15) is 0 Å². The van der Waals surface area contributed by atoms with Gasteiger partial charge in [0.2, 0.25) is 0 Å². The molecular weight excluding hydrogens is 227 g/mol. The Morgan fingerprint density at radius 2 is 1.83 bits per heavy atom. The normalized spacial score (nSPS) is 16.4. The Balaban J connectivity index is 2.69. The summed E-state index contributed by atoms with van der Waals surface area (Å²) in [5.41, 5.74) is 2.45. The molecule has 1 aromatic carbocycles. The molecule has 1 N–H and O–H groups in total. The van der Waals surface area contributed by atoms with E-state index in [2.05, 4.69) is 20.8 Å². The minimum Gasteiger partial charge on any atom is -0.505 e. The van der Waals surface area contributed by atoms with Gasteiger partial charge in [0.25, 0.3) is 0 Å². The van der Waals surface area contributed by atoms with Crippen LogP contribution >= 0.6 is 0 Å². The Morgan fingerprint density at radius 3 is 2.22 bits per heavy atom. The quantitative estimate of drug-likeness (QED) is 0.797. The van der Waals surface area contributed by atoms with Crippen molar-refractivity contribution in [2.75, 3.05) is 0 Å². The zero-order valence-corrected chi connectivity index (χ0v) is 12.0. The maximum Gasteiger partial charge on any atom is 0.168 e. The summed E-state index contributed by atoms with van der Waals surface area (Å²) < 4.78 is 14.5. The van der Waals surface area contributed by atoms with Gasteiger partial charge in [-0.05, 0) is 46.8 Å². The molecule has 0 amide bonds. The second-order valence-electron chi connectivity index (χ2n) is 6.77. The second kappa shape index (κ2) is 4.25. The maximum atomic E-state index is 14.5. The number of hydrogen-bond acceptors (Lipinski definition) is 1. The van der Waals surface area contributed by atoms with Crippen LogP contribution in [0.3, 0.4) is 0 Å². The van der Waals surface area contributed by atoms with E-state index in [9.17, 15) is 9.50 Å². The van der Waals surface area contributed by atoms with Crippen LogP contribution in [0.4, 0.5) is 4.39 Å². The standard InChI is InChI=1S/C16H23FO/c1-9(2)11-8-12(16(3,4)5)13(10-6-7-10)14(17)15(11)18/h8-10,18H,6-7H2,1-5H3. The summed E-state index contributed by atoms with van der Waals surface area (Å²) in [6, 6.07) is 2.01. The first-order valence-electron chi connectivity index (χ1n) is 6.79. The highest BCUT2D eigenvalue weighted by Gasteiger charge is 2.35. The Bertz CT molecular complexity index is 465. The van der Waals surface area contributed by atoms with Gasteiger partial charge in [-0.1, -0.05) is 40.7 Å². The van der Waals surface area contributed by atoms with Crippen LogP contribution in [0.15, 0.2) is 6.07 Å². The van der Waals surface area contributed by atoms with Gasteiger partial charge in [-0.3, -0.25) is 0 Å². The molecular formula is C16H23FO. The van der Waals surface area contributed by atoms with Gasteiger partial charge >= 0.3 is 0 Å². The second-order valence-corrected chi connectivity index (χ2v) is 6.77. The fourth-order valence-electron chi connectivity index (χ4n) is 2.51. The van der Waals surface area contributed by atoms with E-state index in [1.165, 1.54) is 0 Å². The van der Waals surface area contributed by atoms with Crippen molar-refractivity contribution in [1.82, 2.24) is 0 Å². The van der Waals surface area contributed by atoms with Crippen LogP contribution in [0, 0.1) is 5.82 Å². The average Bonchev–Trinajstić information content (AvgIpc) is 3.02. The van der Waals surface area contributed by atoms with Crippen molar-refractivity contribution in [1.29, 1.82) is 0 Å². The number of benzene rings is 1. The van der Waals surface area contributed by atoms with Crippen molar-refractivity contribution in [2.45, 2.75) is 64.7 Å². The topological polar surface area (TPSA) is 20.2 Å². The molecule has 1 saturated carbocycles. The van der Waals surface area contributed by atoms with Gasteiger partial charge in [0, 0.05) is 0 Å². The van der Waals surface area contributed by atoms with Crippen molar-refractivity contribution in [3.05, 3.63) is 28.6 Å². The fourth-order valence-corrected chi connectivity index (χ4v) is 2.51. The van der Waals surface area contributed by atoms with Crippen LogP contribution in [0.5, 0.6) is 5.75 Å². The molecule has 2 heteroatoms. The predicted molar refractivity (Wildman–Crippen MR) is 72.8 cm³/mol. The predicted octanol–water partition coefficient (Wildman–Crippen LogP) is 4.83. The SMILES string of the molecule is CC(C)c1cc(C(C)(C)C)c(C2CC2)c(F)c1O. The van der Waals surface area contributed by atoms with Gasteiger partial charge in [-0.25, -0.2) is 4.39 Å². The third-order valence-electron chi connectivity index (χ3n) is 3.72. The third-order valence-corrected chi connectivity index (χ3v) is 3.72. The Morgan fingerprint density at radius 1 is 1.28 bits per heavy atom. The zero-order chi connectivity index (χ0) is 13.7. The highest BCUT2D eigenvalue weighted by molar-refractivity contribution is 5.50. The lowest BCUT2D eigenvalue weighted by Crippen LogP contribution is -2.16. The van der Waals surface area contributed by atoms with E-state index in [-0.39, 0.29) is 22.9 Å². The fraction of sp³-hybridized carbons (Fsp3) is 0.625. The van der Waals surface area contributed by atoms with Crippen molar-refractivity contribution >= 4 is 0 Å². The molecule has 0 spiro atoms. The smallest absolute Gasteiger partial charge is 0.168 e. The highest BCUT2D eigenvalue weighted by Crippen LogP contribution is 2.48. The molecule has 0 unspecified atom stereocenters. The summed E-state index contributed by atoms with van der Waals surface area (Å²) in [5.74, 6) is -0.0753. The van der Waals surface area contributed by atoms with Crippen LogP contribution in [0.2, 0.25) is 0 Å². The Hall–Kier alpha value is -1.05. The highest BCUT2D eigenvalue weighted by atomic mass is 19.1. The first-order valence-corrected chi connectivity index (χ1v) is 6.79. The maximum absolute atomic E-state index is 14.5. The summed E-state index contributed by atoms with van der Waals surface area (Å²) >= 11 is 0. The summed E-state index contributed by atoms with van der Waals surface area (Å²) in [7, 11) is 0. The lowest BCUT2D eigenvalue weighted by molar-refractivity contribution is 0.415. The van der Waals surface area contributed by atoms with Gasteiger partial charge < -0.3 is 5.11 Å². The summed E-state index contributed by atoms with van der Waals surface area (Å²) in [5, 5.41) is 10.0. The summed E-state index contributed by atoms with van der Waals surface area (Å²) in [6.07, 6.45) is 2.08. The zero-order valence-electron chi connectivity index (χ0n) is 12.0. The van der Waals surface area contributed by atoms with Crippen LogP contribution in [-0.2, 0) is 5.41 Å². The van der Waals surface area contributed by atoms with E-state index in [1.807, 2.05) is 19.9 Å². The van der Waals surface area contributed by atoms with Crippen molar-refractivity contribution in [3.8, 4) is 5.75 Å². The van der Waals surface area contributed by atoms with Crippen LogP contribution in [-0.4, -0.2) is 5.11 Å². The minimum atomic E-state index is -0.381. The number of phenols is 1. The van der Waals surface area contributed by atoms with Gasteiger partial charge in [-0.2, -0.15) is 0 Å². The largest absolute Gasteiger partial charge is 0.505 e. The molecule has 0 aromatic heterocycles. The van der Waals surface area contributed by atoms with Gasteiger partial charge in [0.15, 0.2) is 11.6 Å². The lowest BCUT2D eigenvalue weighted by Gasteiger charge is -2.26. The first kappa shape index (κ1) is 13.4. The van der Waals surface area contributed by atoms with E-state index < -0.39 is 0 Å². The van der Waals surface area contributed by atoms with Crippen LogP contribution in [0.25, 0.3) is 0 Å². The molecule has 18 heavy (non-hydrogen) atoms. The van der Waals surface area contributed by atoms with Crippen molar-refractivity contribution < 1.29 is 9.50 Å². The molecule has 0 saturated heterocycles. The average molecular weight is 250 g/mol. The lowest BCUT2D eigenvalue weighted by atomic mass is 9.80. The first-order chi connectivity index (χ1) is 8.23. The van der Waals surface area contributed by atoms with E-state index in [0.29, 0.717) is 5.92 Å². The number of halogens is 1. The number of rotatable bonds is 2. The molecule has 1 aliphatic rings. The molecule has 0 heterocycles. The molecule has 1 aliphatic carbocycles. The van der Waals surface area contributed by atoms with E-state index in [0.717, 1.165) is 29.5 Å². The Labute approximate surface area is 109 Å². The molecule has 0 aliphatic heterocycles. The van der Waals surface area contributed by atoms with Crippen LogP contribution in [0.1, 0.15) is 76.0 Å². The number of aromatic hydroxyl groups is 1.